The minimum absolute atomic E-state index is 0.144. The van der Waals surface area contributed by atoms with E-state index in [2.05, 4.69) is 0 Å². The van der Waals surface area contributed by atoms with E-state index in [-0.39, 0.29) is 11.8 Å². The Labute approximate surface area is 149 Å². The highest BCUT2D eigenvalue weighted by molar-refractivity contribution is 7.98. The van der Waals surface area contributed by atoms with Gasteiger partial charge in [0.15, 0.2) is 0 Å². The smallest absolute Gasteiger partial charge is 0.306 e. The molecule has 1 aliphatic rings. The van der Waals surface area contributed by atoms with Crippen LogP contribution >= 0.6 is 35.0 Å². The second kappa shape index (κ2) is 8.08. The number of rotatable bonds is 4. The van der Waals surface area contributed by atoms with E-state index in [1.165, 1.54) is 17.8 Å². The van der Waals surface area contributed by atoms with Crippen LogP contribution in [-0.2, 0) is 9.59 Å². The lowest BCUT2D eigenvalue weighted by atomic mass is 9.97. The Bertz CT molecular complexity index is 640. The molecule has 1 heterocycles. The lowest BCUT2D eigenvalue weighted by Gasteiger charge is -2.29. The largest absolute Gasteiger partial charge is 0.481 e. The molecule has 1 aliphatic heterocycles. The quantitative estimate of drug-likeness (QED) is 0.638. The van der Waals surface area contributed by atoms with Crippen LogP contribution in [-0.4, -0.2) is 41.2 Å². The molecular weight excluding hydrogens is 357 g/mol. The summed E-state index contributed by atoms with van der Waals surface area (Å²) in [4.78, 5) is 25.6. The van der Waals surface area contributed by atoms with Crippen molar-refractivity contribution < 1.29 is 14.7 Å². The number of halogens is 2. The SMILES string of the molecule is CSc1ccc(/C=C/C(=O)N2CCC(C(=O)O)CC2)c(Cl)c1Cl. The summed E-state index contributed by atoms with van der Waals surface area (Å²) in [5, 5.41) is 9.87. The van der Waals surface area contributed by atoms with E-state index in [1.807, 2.05) is 18.4 Å². The summed E-state index contributed by atoms with van der Waals surface area (Å²) in [5.41, 5.74) is 0.684. The molecule has 0 aliphatic carbocycles. The Morgan fingerprint density at radius 1 is 1.26 bits per heavy atom. The van der Waals surface area contributed by atoms with Gasteiger partial charge in [-0.05, 0) is 36.8 Å². The molecule has 4 nitrogen and oxygen atoms in total. The second-order valence-electron chi connectivity index (χ2n) is 5.26. The van der Waals surface area contributed by atoms with Gasteiger partial charge in [-0.15, -0.1) is 11.8 Å². The molecule has 1 amide bonds. The number of carbonyl (C=O) groups is 2. The van der Waals surface area contributed by atoms with Crippen molar-refractivity contribution in [1.29, 1.82) is 0 Å². The van der Waals surface area contributed by atoms with Gasteiger partial charge in [0.05, 0.1) is 16.0 Å². The van der Waals surface area contributed by atoms with Crippen molar-refractivity contribution in [2.45, 2.75) is 17.7 Å². The maximum atomic E-state index is 12.2. The van der Waals surface area contributed by atoms with Gasteiger partial charge >= 0.3 is 5.97 Å². The van der Waals surface area contributed by atoms with Crippen LogP contribution in [0.2, 0.25) is 10.0 Å². The van der Waals surface area contributed by atoms with E-state index in [4.69, 9.17) is 28.3 Å². The van der Waals surface area contributed by atoms with E-state index in [0.29, 0.717) is 41.5 Å². The average molecular weight is 374 g/mol. The third-order valence-corrected chi connectivity index (χ3v) is 5.65. The lowest BCUT2D eigenvalue weighted by Crippen LogP contribution is -2.39. The molecule has 0 aromatic heterocycles. The third-order valence-electron chi connectivity index (χ3n) is 3.86. The summed E-state index contributed by atoms with van der Waals surface area (Å²) in [6, 6.07) is 3.68. The Balaban J connectivity index is 2.02. The van der Waals surface area contributed by atoms with Crippen molar-refractivity contribution in [3.05, 3.63) is 33.8 Å². The van der Waals surface area contributed by atoms with E-state index in [9.17, 15) is 9.59 Å². The second-order valence-corrected chi connectivity index (χ2v) is 6.86. The Hall–Kier alpha value is -1.17. The van der Waals surface area contributed by atoms with Gasteiger partial charge in [0.2, 0.25) is 5.91 Å². The summed E-state index contributed by atoms with van der Waals surface area (Å²) < 4.78 is 0. The van der Waals surface area contributed by atoms with Gasteiger partial charge in [0.1, 0.15) is 0 Å². The van der Waals surface area contributed by atoms with Crippen LogP contribution in [0.1, 0.15) is 18.4 Å². The number of hydrogen-bond acceptors (Lipinski definition) is 3. The molecule has 1 N–H and O–H groups in total. The molecular formula is C16H17Cl2NO3S. The topological polar surface area (TPSA) is 57.6 Å². The molecule has 0 atom stereocenters. The van der Waals surface area contributed by atoms with E-state index < -0.39 is 5.97 Å². The van der Waals surface area contributed by atoms with Crippen molar-refractivity contribution in [2.75, 3.05) is 19.3 Å². The molecule has 7 heteroatoms. The molecule has 1 fully saturated rings. The Morgan fingerprint density at radius 2 is 1.91 bits per heavy atom. The molecule has 124 valence electrons. The molecule has 2 rings (SSSR count). The predicted octanol–water partition coefficient (Wildman–Crippen LogP) is 4.05. The third kappa shape index (κ3) is 4.43. The van der Waals surface area contributed by atoms with Gasteiger partial charge < -0.3 is 10.0 Å². The standard InChI is InChI=1S/C16H17Cl2NO3S/c1-23-12-4-2-10(14(17)15(12)18)3-5-13(20)19-8-6-11(7-9-19)16(21)22/h2-5,11H,6-9H2,1H3,(H,21,22)/b5-3+. The van der Waals surface area contributed by atoms with Crippen LogP contribution in [0.15, 0.2) is 23.1 Å². The number of carboxylic acid groups (broad SMARTS) is 1. The van der Waals surface area contributed by atoms with E-state index in [1.54, 1.807) is 11.0 Å². The average Bonchev–Trinajstić information content (AvgIpc) is 2.56. The number of piperidine rings is 1. The number of carbonyl (C=O) groups excluding carboxylic acids is 1. The minimum atomic E-state index is -0.789. The van der Waals surface area contributed by atoms with Gasteiger partial charge in [0.25, 0.3) is 0 Å². The van der Waals surface area contributed by atoms with Gasteiger partial charge in [-0.3, -0.25) is 9.59 Å². The minimum Gasteiger partial charge on any atom is -0.481 e. The molecule has 0 radical (unpaired) electrons. The van der Waals surface area contributed by atoms with Crippen LogP contribution < -0.4 is 0 Å². The number of nitrogens with zero attached hydrogens (tertiary/aromatic N) is 1. The molecule has 0 spiro atoms. The van der Waals surface area contributed by atoms with Crippen LogP contribution in [0.4, 0.5) is 0 Å². The van der Waals surface area contributed by atoms with Gasteiger partial charge in [0, 0.05) is 24.1 Å². The summed E-state index contributed by atoms with van der Waals surface area (Å²) in [6.45, 7) is 0.917. The van der Waals surface area contributed by atoms with Crippen LogP contribution in [0, 0.1) is 5.92 Å². The zero-order valence-corrected chi connectivity index (χ0v) is 14.9. The summed E-state index contributed by atoms with van der Waals surface area (Å²) in [7, 11) is 0. The Kier molecular flexibility index (Phi) is 6.39. The molecule has 23 heavy (non-hydrogen) atoms. The number of likely N-dealkylation sites (tertiary alicyclic amines) is 1. The lowest BCUT2D eigenvalue weighted by molar-refractivity contribution is -0.144. The molecule has 0 bridgehead atoms. The van der Waals surface area contributed by atoms with Crippen LogP contribution in [0.5, 0.6) is 0 Å². The van der Waals surface area contributed by atoms with Crippen molar-refractivity contribution in [3.63, 3.8) is 0 Å². The highest BCUT2D eigenvalue weighted by atomic mass is 35.5. The van der Waals surface area contributed by atoms with Gasteiger partial charge in [-0.1, -0.05) is 29.3 Å². The fourth-order valence-electron chi connectivity index (χ4n) is 2.45. The highest BCUT2D eigenvalue weighted by Crippen LogP contribution is 2.35. The van der Waals surface area contributed by atoms with Crippen LogP contribution in [0.25, 0.3) is 6.08 Å². The van der Waals surface area contributed by atoms with Gasteiger partial charge in [-0.2, -0.15) is 0 Å². The maximum absolute atomic E-state index is 12.2. The zero-order chi connectivity index (χ0) is 17.0. The fraction of sp³-hybridized carbons (Fsp3) is 0.375. The van der Waals surface area contributed by atoms with Gasteiger partial charge in [-0.25, -0.2) is 0 Å². The monoisotopic (exact) mass is 373 g/mol. The first kappa shape index (κ1) is 18.2. The number of hydrogen-bond donors (Lipinski definition) is 1. The molecule has 1 saturated heterocycles. The summed E-state index contributed by atoms with van der Waals surface area (Å²) >= 11 is 13.9. The highest BCUT2D eigenvalue weighted by Gasteiger charge is 2.26. The maximum Gasteiger partial charge on any atom is 0.306 e. The summed E-state index contributed by atoms with van der Waals surface area (Å²) in [6.07, 6.45) is 5.99. The zero-order valence-electron chi connectivity index (χ0n) is 12.6. The van der Waals surface area contributed by atoms with E-state index in [0.717, 1.165) is 4.90 Å². The number of benzene rings is 1. The normalized spacial score (nSPS) is 16.0. The molecule has 1 aromatic carbocycles. The van der Waals surface area contributed by atoms with Crippen molar-refractivity contribution >= 4 is 52.9 Å². The predicted molar refractivity (Wildman–Crippen MR) is 94.2 cm³/mol. The first-order valence-electron chi connectivity index (χ1n) is 7.15. The number of aliphatic carboxylic acids is 1. The number of carboxylic acids is 1. The van der Waals surface area contributed by atoms with Crippen molar-refractivity contribution in [1.82, 2.24) is 4.90 Å². The van der Waals surface area contributed by atoms with Crippen LogP contribution in [0.3, 0.4) is 0 Å². The summed E-state index contributed by atoms with van der Waals surface area (Å²) in [5.74, 6) is -1.28. The van der Waals surface area contributed by atoms with Crippen molar-refractivity contribution in [2.24, 2.45) is 5.92 Å². The van der Waals surface area contributed by atoms with E-state index >= 15 is 0 Å². The molecule has 0 unspecified atom stereocenters. The first-order valence-corrected chi connectivity index (χ1v) is 9.14. The number of thioether (sulfide) groups is 1. The van der Waals surface area contributed by atoms with Crippen molar-refractivity contribution in [3.8, 4) is 0 Å². The number of amides is 1. The Morgan fingerprint density at radius 3 is 2.48 bits per heavy atom. The first-order chi connectivity index (χ1) is 10.9. The molecule has 1 aromatic rings. The fourth-order valence-corrected chi connectivity index (χ4v) is 3.62. The molecule has 0 saturated carbocycles.